The largest absolute Gasteiger partial charge is 0.383 e. The molecule has 5 heteroatoms. The van der Waals surface area contributed by atoms with Crippen LogP contribution in [0.3, 0.4) is 0 Å². The highest BCUT2D eigenvalue weighted by atomic mass is 35.5. The highest BCUT2D eigenvalue weighted by molar-refractivity contribution is 5.94. The van der Waals surface area contributed by atoms with Gasteiger partial charge in [0.25, 0.3) is 5.91 Å². The van der Waals surface area contributed by atoms with Gasteiger partial charge in [-0.25, -0.2) is 0 Å². The van der Waals surface area contributed by atoms with Crippen molar-refractivity contribution in [2.24, 2.45) is 0 Å². The number of rotatable bonds is 8. The Morgan fingerprint density at radius 3 is 2.42 bits per heavy atom. The lowest BCUT2D eigenvalue weighted by molar-refractivity contribution is 0.0953. The molecule has 0 radical (unpaired) electrons. The van der Waals surface area contributed by atoms with Crippen molar-refractivity contribution in [1.29, 1.82) is 0 Å². The minimum absolute atomic E-state index is 0. The van der Waals surface area contributed by atoms with Crippen LogP contribution >= 0.6 is 12.4 Å². The normalized spacial score (nSPS) is 9.79. The first kappa shape index (κ1) is 17.9. The fourth-order valence-electron chi connectivity index (χ4n) is 1.56. The molecule has 0 fully saturated rings. The first-order valence-corrected chi connectivity index (χ1v) is 6.34. The molecular formula is C14H23ClN2O2. The van der Waals surface area contributed by atoms with Crippen molar-refractivity contribution in [3.63, 3.8) is 0 Å². The topological polar surface area (TPSA) is 50.4 Å². The molecule has 108 valence electrons. The van der Waals surface area contributed by atoms with E-state index in [1.807, 2.05) is 24.3 Å². The lowest BCUT2D eigenvalue weighted by atomic mass is 10.1. The number of aryl methyl sites for hydroxylation is 1. The zero-order valence-corrected chi connectivity index (χ0v) is 12.4. The lowest BCUT2D eigenvalue weighted by Crippen LogP contribution is -2.33. The molecule has 4 nitrogen and oxygen atoms in total. The minimum atomic E-state index is -0.0220. The summed E-state index contributed by atoms with van der Waals surface area (Å²) in [5.74, 6) is -0.0220. The van der Waals surface area contributed by atoms with Crippen LogP contribution in [-0.4, -0.2) is 39.3 Å². The molecule has 0 spiro atoms. The van der Waals surface area contributed by atoms with Crippen molar-refractivity contribution in [3.8, 4) is 0 Å². The second-order valence-corrected chi connectivity index (χ2v) is 4.05. The Morgan fingerprint density at radius 1 is 1.16 bits per heavy atom. The van der Waals surface area contributed by atoms with Crippen LogP contribution in [0.4, 0.5) is 0 Å². The number of amides is 1. The summed E-state index contributed by atoms with van der Waals surface area (Å²) in [6.45, 7) is 4.96. The standard InChI is InChI=1S/C14H22N2O2.ClH/c1-3-12-4-6-13(7-5-12)14(17)16-9-8-15-10-11-18-2;/h4-7,15H,3,8-11H2,1-2H3,(H,16,17);1H. The van der Waals surface area contributed by atoms with Crippen molar-refractivity contribution in [3.05, 3.63) is 35.4 Å². The van der Waals surface area contributed by atoms with Gasteiger partial charge < -0.3 is 15.4 Å². The number of hydrogen-bond donors (Lipinski definition) is 2. The molecule has 0 aliphatic rings. The van der Waals surface area contributed by atoms with Crippen molar-refractivity contribution in [2.45, 2.75) is 13.3 Å². The van der Waals surface area contributed by atoms with Crippen molar-refractivity contribution in [1.82, 2.24) is 10.6 Å². The first-order chi connectivity index (χ1) is 8.77. The van der Waals surface area contributed by atoms with Gasteiger partial charge in [-0.15, -0.1) is 12.4 Å². The van der Waals surface area contributed by atoms with Crippen LogP contribution in [-0.2, 0) is 11.2 Å². The van der Waals surface area contributed by atoms with E-state index in [2.05, 4.69) is 17.6 Å². The number of methoxy groups -OCH3 is 1. The molecule has 0 atom stereocenters. The van der Waals surface area contributed by atoms with Crippen molar-refractivity contribution < 1.29 is 9.53 Å². The molecule has 0 aromatic heterocycles. The van der Waals surface area contributed by atoms with E-state index in [4.69, 9.17) is 4.74 Å². The molecule has 0 bridgehead atoms. The molecular weight excluding hydrogens is 264 g/mol. The summed E-state index contributed by atoms with van der Waals surface area (Å²) in [5.41, 5.74) is 1.96. The minimum Gasteiger partial charge on any atom is -0.383 e. The van der Waals surface area contributed by atoms with Crippen LogP contribution < -0.4 is 10.6 Å². The van der Waals surface area contributed by atoms with Gasteiger partial charge in [-0.05, 0) is 24.1 Å². The lowest BCUT2D eigenvalue weighted by Gasteiger charge is -2.07. The molecule has 0 unspecified atom stereocenters. The van der Waals surface area contributed by atoms with Crippen LogP contribution in [0.25, 0.3) is 0 Å². The fraction of sp³-hybridized carbons (Fsp3) is 0.500. The summed E-state index contributed by atoms with van der Waals surface area (Å²) in [6.07, 6.45) is 0.991. The number of benzene rings is 1. The Balaban J connectivity index is 0.00000324. The smallest absolute Gasteiger partial charge is 0.251 e. The summed E-state index contributed by atoms with van der Waals surface area (Å²) in [6, 6.07) is 7.72. The maximum atomic E-state index is 11.8. The molecule has 2 N–H and O–H groups in total. The van der Waals surface area contributed by atoms with Gasteiger partial charge in [0.05, 0.1) is 6.61 Å². The van der Waals surface area contributed by atoms with E-state index in [0.29, 0.717) is 18.7 Å². The average molecular weight is 287 g/mol. The number of ether oxygens (including phenoxy) is 1. The Morgan fingerprint density at radius 2 is 1.84 bits per heavy atom. The van der Waals surface area contributed by atoms with Crippen molar-refractivity contribution in [2.75, 3.05) is 33.4 Å². The predicted octanol–water partition coefficient (Wildman–Crippen LogP) is 1.64. The van der Waals surface area contributed by atoms with Crippen molar-refractivity contribution >= 4 is 18.3 Å². The molecule has 1 aromatic carbocycles. The van der Waals surface area contributed by atoms with Crippen LogP contribution in [0.1, 0.15) is 22.8 Å². The zero-order valence-electron chi connectivity index (χ0n) is 11.6. The highest BCUT2D eigenvalue weighted by Gasteiger charge is 2.03. The zero-order chi connectivity index (χ0) is 13.2. The summed E-state index contributed by atoms with van der Waals surface area (Å²) < 4.78 is 4.91. The monoisotopic (exact) mass is 286 g/mol. The van der Waals surface area contributed by atoms with Crippen LogP contribution in [0.15, 0.2) is 24.3 Å². The van der Waals surface area contributed by atoms with Crippen LogP contribution in [0, 0.1) is 0 Å². The van der Waals surface area contributed by atoms with E-state index >= 15 is 0 Å². The van der Waals surface area contributed by atoms with E-state index in [1.54, 1.807) is 7.11 Å². The molecule has 0 aliphatic carbocycles. The van der Waals surface area contributed by atoms with Gasteiger partial charge in [-0.1, -0.05) is 19.1 Å². The van der Waals surface area contributed by atoms with E-state index in [0.717, 1.165) is 19.5 Å². The molecule has 19 heavy (non-hydrogen) atoms. The van der Waals surface area contributed by atoms with E-state index in [-0.39, 0.29) is 18.3 Å². The Bertz CT molecular complexity index is 355. The third-order valence-corrected chi connectivity index (χ3v) is 2.69. The van der Waals surface area contributed by atoms with Crippen LogP contribution in [0.5, 0.6) is 0 Å². The number of nitrogens with one attached hydrogen (secondary N) is 2. The molecule has 0 saturated carbocycles. The Hall–Kier alpha value is -1.10. The Kier molecular flexibility index (Phi) is 10.2. The van der Waals surface area contributed by atoms with Gasteiger partial charge >= 0.3 is 0 Å². The van der Waals surface area contributed by atoms with E-state index in [9.17, 15) is 4.79 Å². The first-order valence-electron chi connectivity index (χ1n) is 6.34. The second-order valence-electron chi connectivity index (χ2n) is 4.05. The van der Waals surface area contributed by atoms with Crippen LogP contribution in [0.2, 0.25) is 0 Å². The maximum Gasteiger partial charge on any atom is 0.251 e. The summed E-state index contributed by atoms with van der Waals surface area (Å²) in [7, 11) is 1.67. The maximum absolute atomic E-state index is 11.8. The number of halogens is 1. The van der Waals surface area contributed by atoms with E-state index < -0.39 is 0 Å². The third-order valence-electron chi connectivity index (χ3n) is 2.69. The summed E-state index contributed by atoms with van der Waals surface area (Å²) in [5, 5.41) is 6.04. The molecule has 0 heterocycles. The number of carbonyl (C=O) groups excluding carboxylic acids is 1. The van der Waals surface area contributed by atoms with Gasteiger partial charge in [0, 0.05) is 32.3 Å². The average Bonchev–Trinajstić information content (AvgIpc) is 2.42. The van der Waals surface area contributed by atoms with Gasteiger partial charge in [0.1, 0.15) is 0 Å². The second kappa shape index (κ2) is 10.8. The number of carbonyl (C=O) groups is 1. The fourth-order valence-corrected chi connectivity index (χ4v) is 1.56. The summed E-state index contributed by atoms with van der Waals surface area (Å²) >= 11 is 0. The highest BCUT2D eigenvalue weighted by Crippen LogP contribution is 2.04. The Labute approximate surface area is 121 Å². The third kappa shape index (κ3) is 7.15. The van der Waals surface area contributed by atoms with Gasteiger partial charge in [0.15, 0.2) is 0 Å². The molecule has 0 saturated heterocycles. The van der Waals surface area contributed by atoms with Gasteiger partial charge in [-0.3, -0.25) is 4.79 Å². The molecule has 1 aromatic rings. The number of hydrogen-bond acceptors (Lipinski definition) is 3. The molecule has 0 aliphatic heterocycles. The van der Waals surface area contributed by atoms with E-state index in [1.165, 1.54) is 5.56 Å². The predicted molar refractivity (Wildman–Crippen MR) is 80.1 cm³/mol. The molecule has 1 rings (SSSR count). The molecule has 1 amide bonds. The van der Waals surface area contributed by atoms with Gasteiger partial charge in [-0.2, -0.15) is 0 Å². The summed E-state index contributed by atoms with van der Waals surface area (Å²) in [4.78, 5) is 11.8. The SMILES string of the molecule is CCc1ccc(C(=O)NCCNCCOC)cc1.Cl. The quantitative estimate of drug-likeness (QED) is 0.714. The van der Waals surface area contributed by atoms with Gasteiger partial charge in [0.2, 0.25) is 0 Å².